The van der Waals surface area contributed by atoms with E-state index in [1.165, 1.54) is 0 Å². The third-order valence-corrected chi connectivity index (χ3v) is 3.31. The van der Waals surface area contributed by atoms with Crippen molar-refractivity contribution in [2.45, 2.75) is 19.4 Å². The van der Waals surface area contributed by atoms with E-state index in [1.807, 2.05) is 42.5 Å². The second-order valence-electron chi connectivity index (χ2n) is 4.63. The van der Waals surface area contributed by atoms with Crippen LogP contribution in [-0.4, -0.2) is 22.6 Å². The predicted octanol–water partition coefficient (Wildman–Crippen LogP) is 3.12. The molecule has 0 fully saturated rings. The molecule has 104 valence electrons. The van der Waals surface area contributed by atoms with Crippen LogP contribution in [0.1, 0.15) is 24.9 Å². The minimum atomic E-state index is -0.784. The molecule has 0 saturated carbocycles. The zero-order chi connectivity index (χ0) is 14.4. The van der Waals surface area contributed by atoms with E-state index in [0.29, 0.717) is 6.54 Å². The minimum absolute atomic E-state index is 0.0970. The molecule has 0 radical (unpaired) electrons. The van der Waals surface area contributed by atoms with E-state index in [0.717, 1.165) is 11.3 Å². The lowest BCUT2D eigenvalue weighted by Gasteiger charge is -2.31. The largest absolute Gasteiger partial charge is 0.481 e. The molecule has 1 unspecified atom stereocenters. The molecule has 0 amide bonds. The van der Waals surface area contributed by atoms with Gasteiger partial charge in [-0.05, 0) is 36.8 Å². The first kappa shape index (κ1) is 14.1. The molecule has 1 aromatic carbocycles. The molecule has 4 nitrogen and oxygen atoms in total. The third kappa shape index (κ3) is 3.57. The number of aliphatic carboxylic acids is 1. The molecule has 1 N–H and O–H groups in total. The quantitative estimate of drug-likeness (QED) is 0.876. The van der Waals surface area contributed by atoms with Gasteiger partial charge in [-0.1, -0.05) is 18.2 Å². The first-order chi connectivity index (χ1) is 9.68. The Kier molecular flexibility index (Phi) is 4.71. The molecule has 2 aromatic rings. The van der Waals surface area contributed by atoms with Crippen LogP contribution >= 0.6 is 0 Å². The van der Waals surface area contributed by atoms with E-state index in [-0.39, 0.29) is 12.5 Å². The summed E-state index contributed by atoms with van der Waals surface area (Å²) in [6.07, 6.45) is 3.63. The molecule has 0 aliphatic carbocycles. The smallest absolute Gasteiger partial charge is 0.305 e. The Bertz CT molecular complexity index is 543. The number of benzene rings is 1. The first-order valence-corrected chi connectivity index (χ1v) is 6.62. The van der Waals surface area contributed by atoms with Crippen molar-refractivity contribution in [2.24, 2.45) is 0 Å². The van der Waals surface area contributed by atoms with Gasteiger partial charge < -0.3 is 10.0 Å². The molecule has 0 aliphatic rings. The van der Waals surface area contributed by atoms with Crippen molar-refractivity contribution in [1.82, 2.24) is 4.98 Å². The summed E-state index contributed by atoms with van der Waals surface area (Å²) in [5.74, 6) is -0.784. The summed E-state index contributed by atoms with van der Waals surface area (Å²) in [6.45, 7) is 2.55. The average Bonchev–Trinajstić information content (AvgIpc) is 2.49. The lowest BCUT2D eigenvalue weighted by molar-refractivity contribution is -0.136. The van der Waals surface area contributed by atoms with Crippen LogP contribution in [0.25, 0.3) is 0 Å². The fourth-order valence-electron chi connectivity index (χ4n) is 2.20. The maximum absolute atomic E-state index is 10.9. The molecule has 1 heterocycles. The van der Waals surface area contributed by atoms with Gasteiger partial charge >= 0.3 is 5.97 Å². The van der Waals surface area contributed by atoms with Gasteiger partial charge in [-0.25, -0.2) is 0 Å². The molecule has 1 aromatic heterocycles. The minimum Gasteiger partial charge on any atom is -0.481 e. The summed E-state index contributed by atoms with van der Waals surface area (Å²) in [7, 11) is 0. The molecule has 2 rings (SSSR count). The maximum atomic E-state index is 10.9. The number of pyridine rings is 1. The van der Waals surface area contributed by atoms with E-state index in [9.17, 15) is 4.79 Å². The number of hydrogen-bond acceptors (Lipinski definition) is 3. The van der Waals surface area contributed by atoms with E-state index in [2.05, 4.69) is 16.8 Å². The van der Waals surface area contributed by atoms with E-state index < -0.39 is 5.97 Å². The van der Waals surface area contributed by atoms with Gasteiger partial charge in [0.1, 0.15) is 0 Å². The maximum Gasteiger partial charge on any atom is 0.305 e. The highest BCUT2D eigenvalue weighted by Gasteiger charge is 2.17. The zero-order valence-corrected chi connectivity index (χ0v) is 11.4. The molecule has 4 heteroatoms. The SMILES string of the molecule is CC(c1ccncc1)N(CCC(=O)O)c1ccccc1. The molecule has 0 bridgehead atoms. The van der Waals surface area contributed by atoms with E-state index in [4.69, 9.17) is 5.11 Å². The lowest BCUT2D eigenvalue weighted by Crippen LogP contribution is -2.29. The number of nitrogens with zero attached hydrogens (tertiary/aromatic N) is 2. The third-order valence-electron chi connectivity index (χ3n) is 3.31. The van der Waals surface area contributed by atoms with Crippen LogP contribution in [0.5, 0.6) is 0 Å². The first-order valence-electron chi connectivity index (χ1n) is 6.62. The van der Waals surface area contributed by atoms with Crippen LogP contribution < -0.4 is 4.90 Å². The number of anilines is 1. The number of aromatic nitrogens is 1. The van der Waals surface area contributed by atoms with Crippen molar-refractivity contribution in [3.8, 4) is 0 Å². The second kappa shape index (κ2) is 6.70. The molecular weight excluding hydrogens is 252 g/mol. The van der Waals surface area contributed by atoms with Gasteiger partial charge in [0.2, 0.25) is 0 Å². The number of para-hydroxylation sites is 1. The summed E-state index contributed by atoms with van der Waals surface area (Å²) >= 11 is 0. The summed E-state index contributed by atoms with van der Waals surface area (Å²) in [6, 6.07) is 13.9. The normalized spacial score (nSPS) is 11.8. The van der Waals surface area contributed by atoms with Crippen molar-refractivity contribution in [2.75, 3.05) is 11.4 Å². The van der Waals surface area contributed by atoms with Gasteiger partial charge in [-0.2, -0.15) is 0 Å². The van der Waals surface area contributed by atoms with Crippen molar-refractivity contribution in [1.29, 1.82) is 0 Å². The van der Waals surface area contributed by atoms with Crippen LogP contribution in [0, 0.1) is 0 Å². The van der Waals surface area contributed by atoms with Gasteiger partial charge in [0.25, 0.3) is 0 Å². The average molecular weight is 270 g/mol. The molecule has 20 heavy (non-hydrogen) atoms. The fraction of sp³-hybridized carbons (Fsp3) is 0.250. The van der Waals surface area contributed by atoms with Crippen molar-refractivity contribution >= 4 is 11.7 Å². The molecule has 0 spiro atoms. The monoisotopic (exact) mass is 270 g/mol. The van der Waals surface area contributed by atoms with Gasteiger partial charge in [0, 0.05) is 24.6 Å². The molecule has 0 aliphatic heterocycles. The van der Waals surface area contributed by atoms with Crippen LogP contribution in [0.3, 0.4) is 0 Å². The number of carbonyl (C=O) groups is 1. The Hall–Kier alpha value is -2.36. The van der Waals surface area contributed by atoms with Crippen molar-refractivity contribution in [3.05, 3.63) is 60.4 Å². The molecule has 1 atom stereocenters. The van der Waals surface area contributed by atoms with Gasteiger partial charge in [-0.3, -0.25) is 9.78 Å². The zero-order valence-electron chi connectivity index (χ0n) is 11.4. The lowest BCUT2D eigenvalue weighted by atomic mass is 10.1. The highest BCUT2D eigenvalue weighted by Crippen LogP contribution is 2.26. The Morgan fingerprint density at radius 2 is 1.85 bits per heavy atom. The number of rotatable bonds is 6. The van der Waals surface area contributed by atoms with E-state index >= 15 is 0 Å². The van der Waals surface area contributed by atoms with E-state index in [1.54, 1.807) is 12.4 Å². The van der Waals surface area contributed by atoms with Crippen LogP contribution in [0.2, 0.25) is 0 Å². The van der Waals surface area contributed by atoms with Crippen molar-refractivity contribution < 1.29 is 9.90 Å². The summed E-state index contributed by atoms with van der Waals surface area (Å²) in [5, 5.41) is 8.92. The van der Waals surface area contributed by atoms with Crippen LogP contribution in [-0.2, 0) is 4.79 Å². The second-order valence-corrected chi connectivity index (χ2v) is 4.63. The van der Waals surface area contributed by atoms with Crippen molar-refractivity contribution in [3.63, 3.8) is 0 Å². The standard InChI is InChI=1S/C16H18N2O2/c1-13(14-7-10-17-11-8-14)18(12-9-16(19)20)15-5-3-2-4-6-15/h2-8,10-11,13H,9,12H2,1H3,(H,19,20). The molecule has 0 saturated heterocycles. The summed E-state index contributed by atoms with van der Waals surface area (Å²) in [4.78, 5) is 17.0. The number of hydrogen-bond donors (Lipinski definition) is 1. The van der Waals surface area contributed by atoms with Crippen LogP contribution in [0.15, 0.2) is 54.9 Å². The van der Waals surface area contributed by atoms with Gasteiger partial charge in [-0.15, -0.1) is 0 Å². The summed E-state index contributed by atoms with van der Waals surface area (Å²) < 4.78 is 0. The number of carboxylic acids is 1. The Morgan fingerprint density at radius 1 is 1.20 bits per heavy atom. The Labute approximate surface area is 118 Å². The predicted molar refractivity (Wildman–Crippen MR) is 78.7 cm³/mol. The van der Waals surface area contributed by atoms with Gasteiger partial charge in [0.15, 0.2) is 0 Å². The number of carboxylic acid groups (broad SMARTS) is 1. The molecular formula is C16H18N2O2. The summed E-state index contributed by atoms with van der Waals surface area (Å²) in [5.41, 5.74) is 2.15. The van der Waals surface area contributed by atoms with Crippen LogP contribution in [0.4, 0.5) is 5.69 Å². The topological polar surface area (TPSA) is 53.4 Å². The Morgan fingerprint density at radius 3 is 2.45 bits per heavy atom. The van der Waals surface area contributed by atoms with Gasteiger partial charge in [0.05, 0.1) is 12.5 Å². The fourth-order valence-corrected chi connectivity index (χ4v) is 2.20. The Balaban J connectivity index is 2.24. The highest BCUT2D eigenvalue weighted by atomic mass is 16.4. The highest BCUT2D eigenvalue weighted by molar-refractivity contribution is 5.67.